The van der Waals surface area contributed by atoms with Crippen LogP contribution in [0.2, 0.25) is 0 Å². The number of carbonyl (C=O) groups excluding carboxylic acids is 2. The largest absolute Gasteiger partial charge is 0.352 e. The van der Waals surface area contributed by atoms with Gasteiger partial charge in [-0.05, 0) is 17.9 Å². The van der Waals surface area contributed by atoms with Gasteiger partial charge in [-0.2, -0.15) is 0 Å². The number of nitrogens with one attached hydrogen (secondary N) is 2. The molecule has 2 amide bonds. The van der Waals surface area contributed by atoms with E-state index in [0.717, 1.165) is 19.3 Å². The predicted octanol–water partition coefficient (Wildman–Crippen LogP) is 2.63. The van der Waals surface area contributed by atoms with E-state index in [0.29, 0.717) is 22.2 Å². The quantitative estimate of drug-likeness (QED) is 0.635. The van der Waals surface area contributed by atoms with Crippen molar-refractivity contribution in [3.05, 3.63) is 33.5 Å². The third-order valence-electron chi connectivity index (χ3n) is 3.41. The molecular weight excluding hydrogens is 344 g/mol. The van der Waals surface area contributed by atoms with Gasteiger partial charge in [-0.15, -0.1) is 22.7 Å². The number of amides is 2. The van der Waals surface area contributed by atoms with E-state index in [1.807, 2.05) is 11.4 Å². The Morgan fingerprint density at radius 1 is 1.38 bits per heavy atom. The first-order chi connectivity index (χ1) is 11.6. The lowest BCUT2D eigenvalue weighted by molar-refractivity contribution is -0.121. The van der Waals surface area contributed by atoms with E-state index in [4.69, 9.17) is 5.73 Å². The molecule has 8 heteroatoms. The van der Waals surface area contributed by atoms with Gasteiger partial charge in [0.15, 0.2) is 5.13 Å². The van der Waals surface area contributed by atoms with Crippen LogP contribution in [0, 0.1) is 0 Å². The van der Waals surface area contributed by atoms with Gasteiger partial charge in [0.1, 0.15) is 0 Å². The van der Waals surface area contributed by atoms with Crippen LogP contribution in [0.3, 0.4) is 0 Å². The lowest BCUT2D eigenvalue weighted by Crippen LogP contribution is -2.40. The second-order valence-corrected chi connectivity index (χ2v) is 7.20. The minimum absolute atomic E-state index is 0.00841. The molecule has 2 aromatic heterocycles. The molecule has 130 valence electrons. The fourth-order valence-electron chi connectivity index (χ4n) is 2.15. The molecule has 0 bridgehead atoms. The van der Waals surface area contributed by atoms with Crippen LogP contribution in [0.1, 0.15) is 41.6 Å². The Hall–Kier alpha value is -1.77. The third-order valence-corrected chi connectivity index (χ3v) is 5.09. The lowest BCUT2D eigenvalue weighted by Gasteiger charge is -2.15. The number of anilines is 1. The number of carbonyl (C=O) groups is 2. The van der Waals surface area contributed by atoms with Gasteiger partial charge in [0.2, 0.25) is 5.91 Å². The van der Waals surface area contributed by atoms with Crippen molar-refractivity contribution in [2.75, 3.05) is 11.9 Å². The molecule has 6 nitrogen and oxygen atoms in total. The molecule has 2 heterocycles. The number of hydrogen-bond donors (Lipinski definition) is 3. The summed E-state index contributed by atoms with van der Waals surface area (Å²) in [4.78, 5) is 29.0. The maximum Gasteiger partial charge on any atom is 0.267 e. The van der Waals surface area contributed by atoms with Crippen LogP contribution in [-0.2, 0) is 11.2 Å². The van der Waals surface area contributed by atoms with Gasteiger partial charge in [-0.3, -0.25) is 14.9 Å². The Labute approximate surface area is 149 Å². The molecule has 0 spiro atoms. The maximum absolute atomic E-state index is 12.1. The topological polar surface area (TPSA) is 97.1 Å². The molecular formula is C16H22N4O2S2. The Balaban J connectivity index is 1.84. The molecule has 0 aliphatic heterocycles. The smallest absolute Gasteiger partial charge is 0.267 e. The molecule has 0 aliphatic carbocycles. The van der Waals surface area contributed by atoms with Crippen LogP contribution >= 0.6 is 22.7 Å². The highest BCUT2D eigenvalue weighted by molar-refractivity contribution is 7.14. The van der Waals surface area contributed by atoms with E-state index >= 15 is 0 Å². The molecule has 1 unspecified atom stereocenters. The summed E-state index contributed by atoms with van der Waals surface area (Å²) in [6.45, 7) is 2.54. The number of aromatic nitrogens is 1. The number of rotatable bonds is 9. The Morgan fingerprint density at radius 3 is 2.88 bits per heavy atom. The van der Waals surface area contributed by atoms with Crippen LogP contribution in [0.4, 0.5) is 5.13 Å². The summed E-state index contributed by atoms with van der Waals surface area (Å²) in [5, 5.41) is 9.81. The number of nitrogens with zero attached hydrogens (tertiary/aromatic N) is 1. The standard InChI is InChI=1S/C16H22N4O2S2/c1-2-3-5-11(9-17)18-14(21)8-12-10-24-16(19-12)20-15(22)13-6-4-7-23-13/h4,6-7,10-11H,2-3,5,8-9,17H2,1H3,(H,18,21)(H,19,20,22). The third kappa shape index (κ3) is 5.70. The van der Waals surface area contributed by atoms with Crippen molar-refractivity contribution < 1.29 is 9.59 Å². The number of nitrogens with two attached hydrogens (primary N) is 1. The molecule has 0 saturated carbocycles. The molecule has 24 heavy (non-hydrogen) atoms. The molecule has 0 aliphatic rings. The molecule has 0 saturated heterocycles. The Kier molecular flexibility index (Phi) is 7.36. The molecule has 0 fully saturated rings. The Bertz CT molecular complexity index is 655. The van der Waals surface area contributed by atoms with Crippen LogP contribution in [-0.4, -0.2) is 29.4 Å². The predicted molar refractivity (Wildman–Crippen MR) is 98.6 cm³/mol. The van der Waals surface area contributed by atoms with Crippen LogP contribution < -0.4 is 16.4 Å². The normalized spacial score (nSPS) is 11.9. The molecule has 4 N–H and O–H groups in total. The zero-order chi connectivity index (χ0) is 17.4. The van der Waals surface area contributed by atoms with Crippen molar-refractivity contribution in [2.45, 2.75) is 38.6 Å². The van der Waals surface area contributed by atoms with E-state index in [9.17, 15) is 9.59 Å². The summed E-state index contributed by atoms with van der Waals surface area (Å²) in [6.07, 6.45) is 3.19. The average Bonchev–Trinajstić information content (AvgIpc) is 3.23. The van der Waals surface area contributed by atoms with E-state index in [2.05, 4.69) is 22.5 Å². The molecule has 2 rings (SSSR count). The maximum atomic E-state index is 12.1. The van der Waals surface area contributed by atoms with Gasteiger partial charge < -0.3 is 11.1 Å². The fourth-order valence-corrected chi connectivity index (χ4v) is 3.48. The van der Waals surface area contributed by atoms with Crippen molar-refractivity contribution in [1.29, 1.82) is 0 Å². The zero-order valence-corrected chi connectivity index (χ0v) is 15.2. The van der Waals surface area contributed by atoms with Crippen molar-refractivity contribution in [3.63, 3.8) is 0 Å². The first-order valence-corrected chi connectivity index (χ1v) is 9.67. The van der Waals surface area contributed by atoms with Crippen LogP contribution in [0.25, 0.3) is 0 Å². The second-order valence-electron chi connectivity index (χ2n) is 5.39. The molecule has 1 atom stereocenters. The summed E-state index contributed by atoms with van der Waals surface area (Å²) >= 11 is 2.68. The van der Waals surface area contributed by atoms with Gasteiger partial charge >= 0.3 is 0 Å². The number of hydrogen-bond acceptors (Lipinski definition) is 6. The summed E-state index contributed by atoms with van der Waals surface area (Å²) < 4.78 is 0. The van der Waals surface area contributed by atoms with Gasteiger partial charge in [0.05, 0.1) is 17.0 Å². The van der Waals surface area contributed by atoms with Gasteiger partial charge in [-0.1, -0.05) is 25.8 Å². The summed E-state index contributed by atoms with van der Waals surface area (Å²) in [6, 6.07) is 3.59. The van der Waals surface area contributed by atoms with Crippen LogP contribution in [0.15, 0.2) is 22.9 Å². The second kappa shape index (κ2) is 9.51. The monoisotopic (exact) mass is 366 g/mol. The molecule has 0 aromatic carbocycles. The average molecular weight is 367 g/mol. The number of thiophene rings is 1. The summed E-state index contributed by atoms with van der Waals surface area (Å²) in [7, 11) is 0. The number of thiazole rings is 1. The van der Waals surface area contributed by atoms with Crippen molar-refractivity contribution in [1.82, 2.24) is 10.3 Å². The SMILES string of the molecule is CCCCC(CN)NC(=O)Cc1csc(NC(=O)c2cccs2)n1. The summed E-state index contributed by atoms with van der Waals surface area (Å²) in [5.74, 6) is -0.277. The first kappa shape index (κ1) is 18.6. The zero-order valence-electron chi connectivity index (χ0n) is 13.6. The molecule has 2 aromatic rings. The minimum atomic E-state index is -0.182. The van der Waals surface area contributed by atoms with Crippen molar-refractivity contribution in [3.8, 4) is 0 Å². The van der Waals surface area contributed by atoms with E-state index in [1.165, 1.54) is 22.7 Å². The summed E-state index contributed by atoms with van der Waals surface area (Å²) in [5.41, 5.74) is 6.33. The lowest BCUT2D eigenvalue weighted by atomic mass is 10.1. The van der Waals surface area contributed by atoms with E-state index < -0.39 is 0 Å². The van der Waals surface area contributed by atoms with E-state index in [1.54, 1.807) is 11.4 Å². The molecule has 0 radical (unpaired) electrons. The van der Waals surface area contributed by atoms with Gasteiger partial charge in [0, 0.05) is 18.0 Å². The van der Waals surface area contributed by atoms with Crippen molar-refractivity contribution >= 4 is 39.6 Å². The minimum Gasteiger partial charge on any atom is -0.352 e. The highest BCUT2D eigenvalue weighted by atomic mass is 32.1. The van der Waals surface area contributed by atoms with Gasteiger partial charge in [0.25, 0.3) is 5.91 Å². The van der Waals surface area contributed by atoms with Gasteiger partial charge in [-0.25, -0.2) is 4.98 Å². The van der Waals surface area contributed by atoms with Crippen LogP contribution in [0.5, 0.6) is 0 Å². The highest BCUT2D eigenvalue weighted by Gasteiger charge is 2.14. The fraction of sp³-hybridized carbons (Fsp3) is 0.438. The first-order valence-electron chi connectivity index (χ1n) is 7.91. The Morgan fingerprint density at radius 2 is 2.21 bits per heavy atom. The highest BCUT2D eigenvalue weighted by Crippen LogP contribution is 2.18. The van der Waals surface area contributed by atoms with E-state index in [-0.39, 0.29) is 24.3 Å². The van der Waals surface area contributed by atoms with Crippen molar-refractivity contribution in [2.24, 2.45) is 5.73 Å². The number of unbranched alkanes of at least 4 members (excludes halogenated alkanes) is 1.